The first-order chi connectivity index (χ1) is 22.1. The van der Waals surface area contributed by atoms with Crippen LogP contribution in [0.1, 0.15) is 127 Å². The van der Waals surface area contributed by atoms with Crippen molar-refractivity contribution in [3.8, 4) is 0 Å². The molecule has 0 heterocycles. The van der Waals surface area contributed by atoms with Gasteiger partial charge in [-0.3, -0.25) is 4.79 Å². The molecule has 1 rings (SSSR count). The van der Waals surface area contributed by atoms with E-state index in [0.29, 0.717) is 43.6 Å². The van der Waals surface area contributed by atoms with Crippen molar-refractivity contribution < 1.29 is 44.5 Å². The highest BCUT2D eigenvalue weighted by Gasteiger charge is 2.51. The van der Waals surface area contributed by atoms with Crippen molar-refractivity contribution in [1.82, 2.24) is 0 Å². The minimum Gasteiger partial charge on any atom is -0.481 e. The maximum absolute atomic E-state index is 13.6. The van der Waals surface area contributed by atoms with E-state index < -0.39 is 56.2 Å². The van der Waals surface area contributed by atoms with Crippen molar-refractivity contribution in [1.29, 1.82) is 0 Å². The Morgan fingerprint density at radius 1 is 0.939 bits per heavy atom. The molecule has 0 fully saturated rings. The van der Waals surface area contributed by atoms with Crippen molar-refractivity contribution in [3.05, 3.63) is 23.5 Å². The number of halogens is 3. The number of carboxylic acid groups (broad SMARTS) is 1. The van der Waals surface area contributed by atoms with Gasteiger partial charge in [0.05, 0.1) is 18.1 Å². The highest BCUT2D eigenvalue weighted by atomic mass is 32.2. The normalized spacial score (nSPS) is 20.6. The summed E-state index contributed by atoms with van der Waals surface area (Å²) in [6.45, 7) is 27.4. The van der Waals surface area contributed by atoms with Crippen molar-refractivity contribution in [2.24, 2.45) is 17.8 Å². The minimum atomic E-state index is -5.90. The number of aliphatic carboxylic acids is 1. The molecule has 49 heavy (non-hydrogen) atoms. The standard InChI is InChI=1S/C36H67F3O7SSi2/c1-14-15-19-26(2)24-28(45-48(10,11)34(4,5)6)22-23-30-29(21-18-16-17-20-27(3)33(40)41)31(44-47(42,43)36(37,38)39)25-32(30)46-49(12,13)35(7,8)9/h22-23,26-28,30,32H,14-21,24-25H2,1-13H3,(H,40,41)/t26-,27?,28-,30-,32-/m1/s1. The molecule has 1 aliphatic carbocycles. The number of hydrogen-bond donors (Lipinski definition) is 1. The fourth-order valence-electron chi connectivity index (χ4n) is 5.43. The number of unbranched alkanes of at least 4 members (excludes halogenated alkanes) is 3. The summed E-state index contributed by atoms with van der Waals surface area (Å²) in [7, 11) is -10.6. The molecule has 1 N–H and O–H groups in total. The lowest BCUT2D eigenvalue weighted by Crippen LogP contribution is -2.45. The van der Waals surface area contributed by atoms with Crippen molar-refractivity contribution in [2.75, 3.05) is 0 Å². The first-order valence-corrected chi connectivity index (χ1v) is 25.3. The summed E-state index contributed by atoms with van der Waals surface area (Å²) < 4.78 is 84.2. The predicted molar refractivity (Wildman–Crippen MR) is 198 cm³/mol. The van der Waals surface area contributed by atoms with Gasteiger partial charge in [0.1, 0.15) is 5.76 Å². The van der Waals surface area contributed by atoms with E-state index in [1.807, 2.05) is 12.2 Å². The largest absolute Gasteiger partial charge is 0.534 e. The summed E-state index contributed by atoms with van der Waals surface area (Å²) in [6, 6.07) is 0. The van der Waals surface area contributed by atoms with E-state index in [-0.39, 0.29) is 28.4 Å². The Bertz CT molecular complexity index is 1230. The van der Waals surface area contributed by atoms with Gasteiger partial charge >= 0.3 is 21.6 Å². The Balaban J connectivity index is 3.71. The summed E-state index contributed by atoms with van der Waals surface area (Å²) in [5.74, 6) is -1.70. The molecule has 0 amide bonds. The lowest BCUT2D eigenvalue weighted by molar-refractivity contribution is -0.141. The highest BCUT2D eigenvalue weighted by molar-refractivity contribution is 7.87. The first kappa shape index (κ1) is 45.9. The smallest absolute Gasteiger partial charge is 0.481 e. The SMILES string of the molecule is CCCC[C@@H](C)C[C@@H](C=C[C@@H]1C(CCCCCC(C)C(=O)O)=C(OS(=O)(=O)C(F)(F)F)C[C@H]1O[Si](C)(C)C(C)(C)C)O[Si](C)(C)C(C)(C)C. The van der Waals surface area contributed by atoms with Crippen LogP contribution in [-0.4, -0.2) is 53.8 Å². The molecule has 1 aliphatic rings. The Morgan fingerprint density at radius 2 is 1.51 bits per heavy atom. The highest BCUT2D eigenvalue weighted by Crippen LogP contribution is 2.46. The van der Waals surface area contributed by atoms with Crippen LogP contribution >= 0.6 is 0 Å². The van der Waals surface area contributed by atoms with E-state index in [0.717, 1.165) is 25.7 Å². The van der Waals surface area contributed by atoms with Crippen LogP contribution in [0, 0.1) is 17.8 Å². The average molecular weight is 757 g/mol. The van der Waals surface area contributed by atoms with Crippen LogP contribution in [0.15, 0.2) is 23.5 Å². The van der Waals surface area contributed by atoms with Gasteiger partial charge in [-0.2, -0.15) is 21.6 Å². The third kappa shape index (κ3) is 14.1. The third-order valence-electron chi connectivity index (χ3n) is 10.8. The van der Waals surface area contributed by atoms with Gasteiger partial charge in [-0.1, -0.05) is 107 Å². The third-order valence-corrected chi connectivity index (χ3v) is 20.8. The Hall–Kier alpha value is -1.16. The summed E-state index contributed by atoms with van der Waals surface area (Å²) in [6.07, 6.45) is 9.69. The average Bonchev–Trinajstić information content (AvgIpc) is 3.21. The lowest BCUT2D eigenvalue weighted by atomic mass is 9.92. The molecule has 1 unspecified atom stereocenters. The summed E-state index contributed by atoms with van der Waals surface area (Å²) in [5, 5.41) is 9.01. The van der Waals surface area contributed by atoms with Crippen molar-refractivity contribution in [2.45, 2.75) is 181 Å². The molecule has 0 radical (unpaired) electrons. The van der Waals surface area contributed by atoms with Crippen LogP contribution in [0.5, 0.6) is 0 Å². The van der Waals surface area contributed by atoms with Gasteiger partial charge in [-0.15, -0.1) is 0 Å². The van der Waals surface area contributed by atoms with E-state index in [4.69, 9.17) is 13.0 Å². The molecular formula is C36H67F3O7SSi2. The van der Waals surface area contributed by atoms with Gasteiger partial charge in [-0.05, 0) is 73.4 Å². The lowest BCUT2D eigenvalue weighted by Gasteiger charge is -2.40. The predicted octanol–water partition coefficient (Wildman–Crippen LogP) is 11.4. The fourth-order valence-corrected chi connectivity index (χ4v) is 8.59. The molecule has 0 saturated carbocycles. The molecule has 0 aromatic carbocycles. The van der Waals surface area contributed by atoms with E-state index in [2.05, 4.69) is 81.6 Å². The Morgan fingerprint density at radius 3 is 2.00 bits per heavy atom. The molecule has 0 spiro atoms. The van der Waals surface area contributed by atoms with Crippen LogP contribution in [0.4, 0.5) is 13.2 Å². The molecule has 0 aromatic heterocycles. The minimum absolute atomic E-state index is 0.0384. The van der Waals surface area contributed by atoms with Gasteiger partial charge in [0, 0.05) is 12.3 Å². The molecule has 13 heteroatoms. The molecule has 7 nitrogen and oxygen atoms in total. The maximum atomic E-state index is 13.6. The topological polar surface area (TPSA) is 99.1 Å². The van der Waals surface area contributed by atoms with Gasteiger partial charge in [0.25, 0.3) is 0 Å². The Labute approximate surface area is 298 Å². The van der Waals surface area contributed by atoms with Crippen LogP contribution in [0.2, 0.25) is 36.3 Å². The summed E-state index contributed by atoms with van der Waals surface area (Å²) in [5.41, 5.74) is -5.08. The number of carbonyl (C=O) groups is 1. The van der Waals surface area contributed by atoms with Gasteiger partial charge in [0.15, 0.2) is 16.6 Å². The number of alkyl halides is 3. The molecule has 0 saturated heterocycles. The van der Waals surface area contributed by atoms with Crippen LogP contribution < -0.4 is 0 Å². The van der Waals surface area contributed by atoms with Crippen molar-refractivity contribution >= 4 is 32.7 Å². The number of rotatable bonds is 20. The van der Waals surface area contributed by atoms with Gasteiger partial charge in [0.2, 0.25) is 0 Å². The second-order valence-corrected chi connectivity index (χ2v) is 28.3. The number of carboxylic acids is 1. The second-order valence-electron chi connectivity index (χ2n) is 17.2. The Kier molecular flexibility index (Phi) is 16.9. The van der Waals surface area contributed by atoms with Crippen LogP contribution in [-0.2, 0) is 27.9 Å². The summed E-state index contributed by atoms with van der Waals surface area (Å²) >= 11 is 0. The van der Waals surface area contributed by atoms with E-state index in [9.17, 15) is 31.5 Å². The molecule has 0 aromatic rings. The number of hydrogen-bond acceptors (Lipinski definition) is 6. The van der Waals surface area contributed by atoms with E-state index in [1.54, 1.807) is 6.92 Å². The molecule has 0 aliphatic heterocycles. The van der Waals surface area contributed by atoms with Gasteiger partial charge in [-0.25, -0.2) is 0 Å². The van der Waals surface area contributed by atoms with Gasteiger partial charge < -0.3 is 18.1 Å². The van der Waals surface area contributed by atoms with E-state index in [1.165, 1.54) is 0 Å². The van der Waals surface area contributed by atoms with Crippen LogP contribution in [0.3, 0.4) is 0 Å². The zero-order chi connectivity index (χ0) is 38.2. The molecule has 288 valence electrons. The zero-order valence-electron chi connectivity index (χ0n) is 32.6. The molecular weight excluding hydrogens is 690 g/mol. The quantitative estimate of drug-likeness (QED) is 0.0434. The van der Waals surface area contributed by atoms with E-state index >= 15 is 0 Å². The maximum Gasteiger partial charge on any atom is 0.534 e. The zero-order valence-corrected chi connectivity index (χ0v) is 35.4. The fraction of sp³-hybridized carbons (Fsp3) is 0.861. The van der Waals surface area contributed by atoms with Crippen LogP contribution in [0.25, 0.3) is 0 Å². The van der Waals surface area contributed by atoms with Crippen molar-refractivity contribution in [3.63, 3.8) is 0 Å². The second kappa shape index (κ2) is 18.1. The summed E-state index contributed by atoms with van der Waals surface area (Å²) in [4.78, 5) is 11.3. The monoisotopic (exact) mass is 756 g/mol. The molecule has 5 atom stereocenters. The molecule has 0 bridgehead atoms. The first-order valence-electron chi connectivity index (χ1n) is 18.1.